The molecule has 0 rings (SSSR count). The molecule has 106 valence electrons. The van der Waals surface area contributed by atoms with Crippen LogP contribution in [0.4, 0.5) is 0 Å². The van der Waals surface area contributed by atoms with E-state index >= 15 is 0 Å². The van der Waals surface area contributed by atoms with E-state index in [1.165, 1.54) is 6.92 Å². The molecule has 0 aliphatic carbocycles. The van der Waals surface area contributed by atoms with E-state index in [4.69, 9.17) is 4.74 Å². The highest BCUT2D eigenvalue weighted by Gasteiger charge is 2.18. The maximum atomic E-state index is 11.3. The molecule has 0 bridgehead atoms. The number of Topliss-reactive ketones (excluding diaryl/α,β-unsaturated/α-hetero) is 1. The predicted octanol–water partition coefficient (Wildman–Crippen LogP) is 2.31. The summed E-state index contributed by atoms with van der Waals surface area (Å²) in [5, 5.41) is 2.73. The van der Waals surface area contributed by atoms with Gasteiger partial charge in [-0.1, -0.05) is 13.8 Å². The third kappa shape index (κ3) is 10.3. The highest BCUT2D eigenvalue weighted by atomic mass is 16.5. The summed E-state index contributed by atoms with van der Waals surface area (Å²) in [6, 6.07) is 0. The van der Waals surface area contributed by atoms with Crippen LogP contribution in [0, 0.1) is 5.92 Å². The second kappa shape index (κ2) is 8.25. The van der Waals surface area contributed by atoms with Gasteiger partial charge in [-0.3, -0.25) is 9.59 Å². The second-order valence-electron chi connectivity index (χ2n) is 5.77. The van der Waals surface area contributed by atoms with Gasteiger partial charge in [-0.05, 0) is 39.5 Å². The summed E-state index contributed by atoms with van der Waals surface area (Å²) in [6.45, 7) is 11.1. The summed E-state index contributed by atoms with van der Waals surface area (Å²) >= 11 is 0. The van der Waals surface area contributed by atoms with E-state index in [1.54, 1.807) is 0 Å². The van der Waals surface area contributed by atoms with E-state index < -0.39 is 0 Å². The number of amides is 1. The van der Waals surface area contributed by atoms with Crippen LogP contribution in [0.3, 0.4) is 0 Å². The van der Waals surface area contributed by atoms with E-state index in [1.807, 2.05) is 13.8 Å². The lowest BCUT2D eigenvalue weighted by Gasteiger charge is -2.26. The smallest absolute Gasteiger partial charge is 0.227 e. The van der Waals surface area contributed by atoms with Gasteiger partial charge in [-0.15, -0.1) is 0 Å². The number of nitrogens with one attached hydrogen (secondary N) is 1. The maximum absolute atomic E-state index is 11.3. The van der Waals surface area contributed by atoms with Crippen LogP contribution >= 0.6 is 0 Å². The number of hydrogen-bond donors (Lipinski definition) is 1. The molecule has 0 spiro atoms. The second-order valence-corrected chi connectivity index (χ2v) is 5.77. The first-order valence-electron chi connectivity index (χ1n) is 6.63. The van der Waals surface area contributed by atoms with Crippen molar-refractivity contribution in [2.45, 2.75) is 59.5 Å². The average molecular weight is 257 g/mol. The highest BCUT2D eigenvalue weighted by molar-refractivity contribution is 5.96. The molecule has 0 fully saturated rings. The van der Waals surface area contributed by atoms with Crippen molar-refractivity contribution in [1.82, 2.24) is 5.32 Å². The molecule has 1 amide bonds. The average Bonchev–Trinajstić information content (AvgIpc) is 2.14. The van der Waals surface area contributed by atoms with Gasteiger partial charge in [0.25, 0.3) is 0 Å². The molecular formula is C14H27NO3. The van der Waals surface area contributed by atoms with Gasteiger partial charge in [0.05, 0.1) is 12.0 Å². The van der Waals surface area contributed by atoms with Gasteiger partial charge in [-0.25, -0.2) is 0 Å². The van der Waals surface area contributed by atoms with Gasteiger partial charge in [-0.2, -0.15) is 0 Å². The van der Waals surface area contributed by atoms with Crippen molar-refractivity contribution in [3.05, 3.63) is 0 Å². The van der Waals surface area contributed by atoms with E-state index in [0.717, 1.165) is 19.4 Å². The zero-order chi connectivity index (χ0) is 14.2. The van der Waals surface area contributed by atoms with Crippen molar-refractivity contribution in [2.24, 2.45) is 5.92 Å². The molecule has 0 saturated carbocycles. The van der Waals surface area contributed by atoms with E-state index in [2.05, 4.69) is 19.2 Å². The maximum Gasteiger partial charge on any atom is 0.227 e. The highest BCUT2D eigenvalue weighted by Crippen LogP contribution is 2.15. The number of ketones is 1. The van der Waals surface area contributed by atoms with Crippen LogP contribution in [0.25, 0.3) is 0 Å². The first kappa shape index (κ1) is 17.1. The molecular weight excluding hydrogens is 230 g/mol. The van der Waals surface area contributed by atoms with E-state index in [9.17, 15) is 9.59 Å². The number of carbonyl (C=O) groups is 2. The first-order chi connectivity index (χ1) is 8.23. The van der Waals surface area contributed by atoms with Crippen molar-refractivity contribution in [2.75, 3.05) is 13.2 Å². The lowest BCUT2D eigenvalue weighted by molar-refractivity contribution is -0.127. The van der Waals surface area contributed by atoms with Crippen molar-refractivity contribution in [3.63, 3.8) is 0 Å². The summed E-state index contributed by atoms with van der Waals surface area (Å²) in [4.78, 5) is 22.0. The van der Waals surface area contributed by atoms with E-state index in [-0.39, 0.29) is 23.7 Å². The topological polar surface area (TPSA) is 55.4 Å². The molecule has 0 unspecified atom stereocenters. The van der Waals surface area contributed by atoms with Crippen LogP contribution in [-0.4, -0.2) is 30.4 Å². The molecule has 0 atom stereocenters. The Balaban J connectivity index is 3.75. The van der Waals surface area contributed by atoms with E-state index in [0.29, 0.717) is 12.5 Å². The Bertz CT molecular complexity index is 272. The fraction of sp³-hybridized carbons (Fsp3) is 0.857. The lowest BCUT2D eigenvalue weighted by atomic mass is 10.0. The predicted molar refractivity (Wildman–Crippen MR) is 72.4 cm³/mol. The van der Waals surface area contributed by atoms with Gasteiger partial charge in [0.1, 0.15) is 5.78 Å². The Labute approximate surface area is 110 Å². The molecule has 0 aromatic rings. The van der Waals surface area contributed by atoms with Gasteiger partial charge in [0.15, 0.2) is 0 Å². The number of carbonyl (C=O) groups excluding carboxylic acids is 2. The molecule has 1 N–H and O–H groups in total. The van der Waals surface area contributed by atoms with Crippen LogP contribution in [-0.2, 0) is 14.3 Å². The summed E-state index contributed by atoms with van der Waals surface area (Å²) in [5.41, 5.74) is -0.238. The summed E-state index contributed by atoms with van der Waals surface area (Å²) in [5.74, 6) is 0.316. The van der Waals surface area contributed by atoms with Gasteiger partial charge in [0, 0.05) is 13.2 Å². The third-order valence-corrected chi connectivity index (χ3v) is 2.65. The van der Waals surface area contributed by atoms with Gasteiger partial charge < -0.3 is 10.1 Å². The summed E-state index contributed by atoms with van der Waals surface area (Å²) in [6.07, 6.45) is 1.75. The zero-order valence-corrected chi connectivity index (χ0v) is 12.3. The fourth-order valence-electron chi connectivity index (χ4n) is 1.43. The summed E-state index contributed by atoms with van der Waals surface area (Å²) in [7, 11) is 0. The van der Waals surface area contributed by atoms with Crippen LogP contribution < -0.4 is 5.32 Å². The Hall–Kier alpha value is -0.900. The third-order valence-electron chi connectivity index (χ3n) is 2.65. The van der Waals surface area contributed by atoms with Crippen LogP contribution in [0.1, 0.15) is 53.9 Å². The quantitative estimate of drug-likeness (QED) is 0.645. The SMILES string of the molecule is CC(=O)CC(=O)NCCC(C)(C)OCCC(C)C. The van der Waals surface area contributed by atoms with Crippen LogP contribution in [0.2, 0.25) is 0 Å². The van der Waals surface area contributed by atoms with Gasteiger partial charge in [0.2, 0.25) is 5.91 Å². The first-order valence-corrected chi connectivity index (χ1v) is 6.63. The normalized spacial score (nSPS) is 11.7. The molecule has 0 aromatic heterocycles. The van der Waals surface area contributed by atoms with Crippen molar-refractivity contribution in [3.8, 4) is 0 Å². The monoisotopic (exact) mass is 257 g/mol. The lowest BCUT2D eigenvalue weighted by Crippen LogP contribution is -2.33. The number of ether oxygens (including phenoxy) is 1. The summed E-state index contributed by atoms with van der Waals surface area (Å²) < 4.78 is 5.78. The van der Waals surface area contributed by atoms with Crippen molar-refractivity contribution >= 4 is 11.7 Å². The molecule has 0 aliphatic heterocycles. The van der Waals surface area contributed by atoms with Crippen LogP contribution in [0.5, 0.6) is 0 Å². The minimum absolute atomic E-state index is 0.0331. The number of rotatable bonds is 9. The molecule has 0 heterocycles. The molecule has 4 heteroatoms. The molecule has 0 aliphatic rings. The molecule has 0 aromatic carbocycles. The van der Waals surface area contributed by atoms with Crippen LogP contribution in [0.15, 0.2) is 0 Å². The standard InChI is InChI=1S/C14H27NO3/c1-11(2)6-9-18-14(4,5)7-8-15-13(17)10-12(3)16/h11H,6-10H2,1-5H3,(H,15,17). The minimum atomic E-state index is -0.238. The molecule has 0 radical (unpaired) electrons. The Kier molecular flexibility index (Phi) is 7.83. The van der Waals surface area contributed by atoms with Gasteiger partial charge >= 0.3 is 0 Å². The number of hydrogen-bond acceptors (Lipinski definition) is 3. The zero-order valence-electron chi connectivity index (χ0n) is 12.3. The Morgan fingerprint density at radius 3 is 2.39 bits per heavy atom. The molecule has 0 saturated heterocycles. The Morgan fingerprint density at radius 2 is 1.89 bits per heavy atom. The molecule has 18 heavy (non-hydrogen) atoms. The van der Waals surface area contributed by atoms with Crippen molar-refractivity contribution < 1.29 is 14.3 Å². The van der Waals surface area contributed by atoms with Crippen molar-refractivity contribution in [1.29, 1.82) is 0 Å². The molecule has 4 nitrogen and oxygen atoms in total. The Morgan fingerprint density at radius 1 is 1.28 bits per heavy atom. The fourth-order valence-corrected chi connectivity index (χ4v) is 1.43. The minimum Gasteiger partial charge on any atom is -0.375 e. The largest absolute Gasteiger partial charge is 0.375 e.